The lowest BCUT2D eigenvalue weighted by Crippen LogP contribution is -2.36. The summed E-state index contributed by atoms with van der Waals surface area (Å²) in [7, 11) is 21.8. The Balaban J connectivity index is 0.000000120. The molecule has 25 nitrogen and oxygen atoms in total. The molecule has 10 aromatic rings. The lowest BCUT2D eigenvalue weighted by Gasteiger charge is -2.33. The molecule has 0 aliphatic heterocycles. The Morgan fingerprint density at radius 3 is 1.18 bits per heavy atom. The predicted octanol–water partition coefficient (Wildman–Crippen LogP) is 12.9. The second kappa shape index (κ2) is 34.0. The van der Waals surface area contributed by atoms with Crippen LogP contribution >= 0.6 is 0 Å². The van der Waals surface area contributed by atoms with E-state index in [9.17, 15) is 0 Å². The van der Waals surface area contributed by atoms with Gasteiger partial charge < -0.3 is 76.0 Å². The number of nitrogens with zero attached hydrogens (tertiary/aromatic N) is 15. The number of rotatable bonds is 15. The van der Waals surface area contributed by atoms with Crippen molar-refractivity contribution in [3.63, 3.8) is 0 Å². The number of H-pyrrole nitrogens is 5. The largest absolute Gasteiger partial charge is 0.367 e. The molecule has 0 unspecified atom stereocenters. The van der Waals surface area contributed by atoms with Gasteiger partial charge in [-0.2, -0.15) is 0 Å². The molecule has 10 heterocycles. The summed E-state index contributed by atoms with van der Waals surface area (Å²) in [6.07, 6.45) is 40.3. The highest BCUT2D eigenvalue weighted by molar-refractivity contribution is 5.93. The minimum absolute atomic E-state index is 0.522. The maximum atomic E-state index is 4.55. The van der Waals surface area contributed by atoms with E-state index in [4.69, 9.17) is 0 Å². The highest BCUT2D eigenvalue weighted by Gasteiger charge is 2.30. The van der Waals surface area contributed by atoms with Gasteiger partial charge in [0.25, 0.3) is 0 Å². The molecular formula is C77H117N25. The molecule has 550 valence electrons. The summed E-state index contributed by atoms with van der Waals surface area (Å²) >= 11 is 0. The summed E-state index contributed by atoms with van der Waals surface area (Å²) in [5.74, 6) is 4.92. The quantitative estimate of drug-likeness (QED) is 0.0456. The van der Waals surface area contributed by atoms with Crippen molar-refractivity contribution in [2.45, 2.75) is 236 Å². The maximum Gasteiger partial charge on any atom is 0.143 e. The van der Waals surface area contributed by atoms with Gasteiger partial charge in [-0.25, -0.2) is 49.8 Å². The Hall–Kier alpha value is -8.10. The van der Waals surface area contributed by atoms with Crippen LogP contribution in [0.15, 0.2) is 56.2 Å². The fraction of sp³-hybridized carbons (Fsp3) is 0.610. The molecule has 25 heteroatoms. The van der Waals surface area contributed by atoms with E-state index in [0.717, 1.165) is 128 Å². The standard InChI is InChI=1S/C17H25N5.C16H25N5.2C15H23N5.C14H21N5/c1-22(2)12-8-6-11(7-9-12)20-16-15-13-4-3-5-14(13)21-17(15)19-10-18-16;1-10-11(2)19-15-14(10)16(18-9-17-15)20-12-5-7-13(8-6-12)21(3)4;1-10-8-16-14-13(10)15(18-9-17-14)19-11-4-6-12(7-5-11)20(2)3;1-10-8-13-14(18-10)16-9-17-15(13)19-11-4-6-12(7-5-11)20(2)3;1-19(2)11-5-3-10(4-6-11)18-14-12-7-8-15-13(12)16-9-17-14/h10-12H,3-9H2,1-2H3,(H2,18,19,20,21);9,12-13H,5-8H2,1-4H3,(H2,17,18,19,20);2*8-9,11-12H,4-7H2,1-3H3,(H2,16,17,18,19);7-11H,3-6H2,1-2H3,(H2,15,16,17,18). The number of hydrogen-bond acceptors (Lipinski definition) is 20. The maximum absolute atomic E-state index is 4.55. The lowest BCUT2D eigenvalue weighted by molar-refractivity contribution is 0.221. The van der Waals surface area contributed by atoms with Gasteiger partial charge in [-0.3, -0.25) is 0 Å². The molecule has 5 saturated carbocycles. The topological polar surface area (TPSA) is 284 Å². The second-order valence-electron chi connectivity index (χ2n) is 31.1. The number of aromatic amines is 5. The first-order valence-corrected chi connectivity index (χ1v) is 38.0. The van der Waals surface area contributed by atoms with Gasteiger partial charge in [-0.05, 0) is 275 Å². The van der Waals surface area contributed by atoms with Crippen LogP contribution in [0.5, 0.6) is 0 Å². The molecule has 102 heavy (non-hydrogen) atoms. The zero-order valence-electron chi connectivity index (χ0n) is 63.4. The average molecular weight is 1390 g/mol. The minimum atomic E-state index is 0.522. The van der Waals surface area contributed by atoms with Gasteiger partial charge in [0.1, 0.15) is 89.0 Å². The van der Waals surface area contributed by atoms with E-state index < -0.39 is 0 Å². The van der Waals surface area contributed by atoms with E-state index in [2.05, 4.69) is 223 Å². The third-order valence-electron chi connectivity index (χ3n) is 23.1. The number of aryl methyl sites for hydroxylation is 6. The third-order valence-corrected chi connectivity index (χ3v) is 23.1. The molecule has 0 spiro atoms. The van der Waals surface area contributed by atoms with Crippen LogP contribution in [0.25, 0.3) is 55.2 Å². The van der Waals surface area contributed by atoms with Crippen molar-refractivity contribution < 1.29 is 0 Å². The Morgan fingerprint density at radius 2 is 0.725 bits per heavy atom. The van der Waals surface area contributed by atoms with Crippen molar-refractivity contribution in [1.29, 1.82) is 0 Å². The van der Waals surface area contributed by atoms with E-state index in [1.54, 1.807) is 31.6 Å². The lowest BCUT2D eigenvalue weighted by atomic mass is 9.90. The molecule has 0 saturated heterocycles. The van der Waals surface area contributed by atoms with Crippen LogP contribution in [0.4, 0.5) is 29.1 Å². The minimum Gasteiger partial charge on any atom is -0.367 e. The molecule has 10 aromatic heterocycles. The van der Waals surface area contributed by atoms with Crippen molar-refractivity contribution in [2.75, 3.05) is 97.1 Å². The van der Waals surface area contributed by atoms with E-state index in [-0.39, 0.29) is 0 Å². The molecule has 0 aromatic carbocycles. The summed E-state index contributed by atoms with van der Waals surface area (Å²) in [5, 5.41) is 23.9. The normalized spacial score (nSPS) is 23.7. The zero-order chi connectivity index (χ0) is 71.6. The van der Waals surface area contributed by atoms with Crippen molar-refractivity contribution in [1.82, 2.24) is 99.3 Å². The number of fused-ring (bicyclic) bond motifs is 7. The van der Waals surface area contributed by atoms with Crippen molar-refractivity contribution in [3.05, 3.63) is 89.9 Å². The second-order valence-corrected chi connectivity index (χ2v) is 31.1. The molecule has 16 rings (SSSR count). The van der Waals surface area contributed by atoms with Crippen molar-refractivity contribution >= 4 is 84.3 Å². The van der Waals surface area contributed by atoms with Crippen LogP contribution in [-0.4, -0.2) is 230 Å². The first-order valence-electron chi connectivity index (χ1n) is 38.0. The van der Waals surface area contributed by atoms with Crippen LogP contribution in [0.3, 0.4) is 0 Å². The van der Waals surface area contributed by atoms with Gasteiger partial charge >= 0.3 is 0 Å². The molecule has 0 radical (unpaired) electrons. The number of hydrogen-bond donors (Lipinski definition) is 10. The molecule has 0 atom stereocenters. The monoisotopic (exact) mass is 1390 g/mol. The van der Waals surface area contributed by atoms with E-state index in [1.165, 1.54) is 168 Å². The molecule has 6 aliphatic rings. The van der Waals surface area contributed by atoms with Crippen LogP contribution in [0.2, 0.25) is 0 Å². The van der Waals surface area contributed by atoms with Crippen molar-refractivity contribution in [3.8, 4) is 0 Å². The number of anilines is 5. The van der Waals surface area contributed by atoms with Crippen LogP contribution in [0.1, 0.15) is 169 Å². The third kappa shape index (κ3) is 18.1. The van der Waals surface area contributed by atoms with Gasteiger partial charge in [0.15, 0.2) is 0 Å². The molecule has 0 amide bonds. The molecule has 10 N–H and O–H groups in total. The van der Waals surface area contributed by atoms with E-state index in [0.29, 0.717) is 30.2 Å². The summed E-state index contributed by atoms with van der Waals surface area (Å²) in [4.78, 5) is 71.9. The Kier molecular flexibility index (Phi) is 24.6. The first-order chi connectivity index (χ1) is 49.3. The van der Waals surface area contributed by atoms with E-state index in [1.807, 2.05) is 25.4 Å². The van der Waals surface area contributed by atoms with Crippen LogP contribution < -0.4 is 26.6 Å². The van der Waals surface area contributed by atoms with Gasteiger partial charge in [0.05, 0.1) is 26.9 Å². The Morgan fingerprint density at radius 1 is 0.353 bits per heavy atom. The van der Waals surface area contributed by atoms with Gasteiger partial charge in [0.2, 0.25) is 0 Å². The summed E-state index contributed by atoms with van der Waals surface area (Å²) < 4.78 is 0. The molecular weight excluding hydrogens is 1280 g/mol. The first kappa shape index (κ1) is 73.6. The summed E-state index contributed by atoms with van der Waals surface area (Å²) in [6.45, 7) is 8.36. The molecule has 5 fully saturated rings. The highest BCUT2D eigenvalue weighted by atomic mass is 15.2. The molecule has 6 aliphatic carbocycles. The zero-order valence-corrected chi connectivity index (χ0v) is 63.4. The average Bonchev–Trinajstić information content (AvgIpc) is 1.63. The van der Waals surface area contributed by atoms with Crippen LogP contribution in [-0.2, 0) is 12.8 Å². The summed E-state index contributed by atoms with van der Waals surface area (Å²) in [5.41, 5.74) is 12.2. The SMILES string of the molecule is CN(C)C1CCC(Nc2ncnc3[nH]c4c(c23)CCC4)CC1.CN(C)C1CCC(Nc2ncnc3[nH]ccc23)CC1.Cc1[nH]c2ncnc(NC3CCC(N(C)C)CC3)c2c1C.Cc1c[nH]c2ncnc(NC3CCC(N(C)C)CC3)c12.Cc1cc2c(NC3CCC(N(C)C)CC3)ncnc2[nH]1. The van der Waals surface area contributed by atoms with E-state index >= 15 is 0 Å². The highest BCUT2D eigenvalue weighted by Crippen LogP contribution is 2.36. The van der Waals surface area contributed by atoms with Gasteiger partial charge in [-0.15, -0.1) is 0 Å². The van der Waals surface area contributed by atoms with Crippen molar-refractivity contribution in [2.24, 2.45) is 0 Å². The smallest absolute Gasteiger partial charge is 0.143 e. The Labute approximate surface area is 603 Å². The number of aromatic nitrogens is 15. The predicted molar refractivity (Wildman–Crippen MR) is 417 cm³/mol. The van der Waals surface area contributed by atoms with Gasteiger partial charge in [0, 0.05) is 89.9 Å². The number of nitrogens with one attached hydrogen (secondary N) is 10. The fourth-order valence-electron chi connectivity index (χ4n) is 16.6. The Bertz CT molecular complexity index is 4240. The molecule has 0 bridgehead atoms. The van der Waals surface area contributed by atoms with Crippen LogP contribution in [0, 0.1) is 27.7 Å². The van der Waals surface area contributed by atoms with Gasteiger partial charge in [-0.1, -0.05) is 0 Å². The fourth-order valence-corrected chi connectivity index (χ4v) is 16.6. The summed E-state index contributed by atoms with van der Waals surface area (Å²) in [6, 6.07) is 10.4.